The minimum absolute atomic E-state index is 0.0202. The lowest BCUT2D eigenvalue weighted by atomic mass is 10.1. The van der Waals surface area contributed by atoms with Gasteiger partial charge in [0.05, 0.1) is 16.9 Å². The van der Waals surface area contributed by atoms with E-state index in [9.17, 15) is 18.3 Å². The van der Waals surface area contributed by atoms with E-state index >= 15 is 0 Å². The van der Waals surface area contributed by atoms with Gasteiger partial charge in [0.15, 0.2) is 5.75 Å². The Morgan fingerprint density at radius 2 is 1.76 bits per heavy atom. The molecular weight excluding hydrogens is 294 g/mol. The van der Waals surface area contributed by atoms with Gasteiger partial charge in [-0.05, 0) is 24.3 Å². The van der Waals surface area contributed by atoms with Gasteiger partial charge >= 0.3 is 0 Å². The molecule has 0 unspecified atom stereocenters. The highest BCUT2D eigenvalue weighted by molar-refractivity contribution is 7.89. The van der Waals surface area contributed by atoms with E-state index in [-0.39, 0.29) is 27.6 Å². The zero-order valence-electron chi connectivity index (χ0n) is 10.8. The summed E-state index contributed by atoms with van der Waals surface area (Å²) < 4.78 is 22.9. The summed E-state index contributed by atoms with van der Waals surface area (Å²) >= 11 is 0. The number of hydrogen-bond donors (Lipinski definition) is 4. The molecule has 0 radical (unpaired) electrons. The Kier molecular flexibility index (Phi) is 3.83. The first kappa shape index (κ1) is 14.8. The van der Waals surface area contributed by atoms with Crippen molar-refractivity contribution in [2.24, 2.45) is 5.14 Å². The molecule has 1 amide bonds. The zero-order valence-corrected chi connectivity index (χ0v) is 11.6. The molecule has 0 aliphatic carbocycles. The van der Waals surface area contributed by atoms with Crippen LogP contribution >= 0.6 is 0 Å². The fourth-order valence-electron chi connectivity index (χ4n) is 1.75. The van der Waals surface area contributed by atoms with Gasteiger partial charge in [0, 0.05) is 0 Å². The fourth-order valence-corrected chi connectivity index (χ4v) is 2.45. The van der Waals surface area contributed by atoms with Crippen LogP contribution in [0.2, 0.25) is 0 Å². The van der Waals surface area contributed by atoms with Crippen LogP contribution in [0.5, 0.6) is 5.75 Å². The number of nitrogen functional groups attached to an aromatic ring is 1. The number of amides is 1. The maximum absolute atomic E-state index is 12.1. The molecule has 8 heteroatoms. The number of nitrogens with two attached hydrogens (primary N) is 2. The molecule has 0 aliphatic heterocycles. The topological polar surface area (TPSA) is 136 Å². The van der Waals surface area contributed by atoms with Gasteiger partial charge in [-0.2, -0.15) is 0 Å². The predicted molar refractivity (Wildman–Crippen MR) is 78.3 cm³/mol. The molecule has 0 atom stereocenters. The Morgan fingerprint density at radius 3 is 2.43 bits per heavy atom. The second-order valence-corrected chi connectivity index (χ2v) is 5.77. The summed E-state index contributed by atoms with van der Waals surface area (Å²) in [6.07, 6.45) is 0. The number of benzene rings is 2. The second-order valence-electron chi connectivity index (χ2n) is 4.24. The first-order valence-electron chi connectivity index (χ1n) is 5.81. The lowest BCUT2D eigenvalue weighted by Gasteiger charge is -2.11. The van der Waals surface area contributed by atoms with E-state index in [2.05, 4.69) is 5.32 Å². The Morgan fingerprint density at radius 1 is 1.10 bits per heavy atom. The summed E-state index contributed by atoms with van der Waals surface area (Å²) in [5, 5.41) is 17.2. The van der Waals surface area contributed by atoms with Crippen LogP contribution in [0.4, 0.5) is 11.4 Å². The van der Waals surface area contributed by atoms with E-state index < -0.39 is 15.9 Å². The summed E-state index contributed by atoms with van der Waals surface area (Å²) in [4.78, 5) is 11.9. The van der Waals surface area contributed by atoms with Crippen molar-refractivity contribution < 1.29 is 18.3 Å². The Bertz CT molecular complexity index is 803. The molecule has 0 saturated heterocycles. The summed E-state index contributed by atoms with van der Waals surface area (Å²) in [6.45, 7) is 0. The van der Waals surface area contributed by atoms with Crippen molar-refractivity contribution in [1.29, 1.82) is 0 Å². The highest BCUT2D eigenvalue weighted by atomic mass is 32.2. The second kappa shape index (κ2) is 5.43. The Balaban J connectivity index is 2.40. The minimum Gasteiger partial charge on any atom is -0.505 e. The van der Waals surface area contributed by atoms with E-state index in [0.29, 0.717) is 0 Å². The van der Waals surface area contributed by atoms with Crippen LogP contribution in [-0.2, 0) is 10.0 Å². The molecule has 0 bridgehead atoms. The molecule has 0 fully saturated rings. The third-order valence-electron chi connectivity index (χ3n) is 2.75. The number of carbonyl (C=O) groups excluding carboxylic acids is 1. The number of nitrogens with one attached hydrogen (secondary N) is 1. The SMILES string of the molecule is Nc1cccc(C(=O)Nc2ccccc2S(N)(=O)=O)c1O. The number of phenols is 1. The van der Waals surface area contributed by atoms with Gasteiger partial charge in [0.2, 0.25) is 10.0 Å². The number of sulfonamides is 1. The van der Waals surface area contributed by atoms with Crippen LogP contribution in [-0.4, -0.2) is 19.4 Å². The van der Waals surface area contributed by atoms with Crippen molar-refractivity contribution in [2.45, 2.75) is 4.90 Å². The van der Waals surface area contributed by atoms with E-state index in [0.717, 1.165) is 0 Å². The number of primary sulfonamides is 1. The molecule has 110 valence electrons. The standard InChI is InChI=1S/C13H13N3O4S/c14-9-5-3-4-8(12(9)17)13(18)16-10-6-1-2-7-11(10)21(15,19)20/h1-7,17H,14H2,(H,16,18)(H2,15,19,20). The summed E-state index contributed by atoms with van der Waals surface area (Å²) in [5.74, 6) is -1.07. The molecule has 2 aromatic carbocycles. The maximum Gasteiger partial charge on any atom is 0.259 e. The van der Waals surface area contributed by atoms with E-state index in [1.807, 2.05) is 0 Å². The van der Waals surface area contributed by atoms with Crippen LogP contribution in [0.25, 0.3) is 0 Å². The molecule has 0 spiro atoms. The molecule has 0 aliphatic rings. The summed E-state index contributed by atoms with van der Waals surface area (Å²) in [6, 6.07) is 9.97. The minimum atomic E-state index is -3.98. The van der Waals surface area contributed by atoms with Crippen LogP contribution in [0.15, 0.2) is 47.4 Å². The Hall–Kier alpha value is -2.58. The number of carbonyl (C=O) groups is 1. The molecule has 7 nitrogen and oxygen atoms in total. The van der Waals surface area contributed by atoms with Crippen molar-refractivity contribution in [1.82, 2.24) is 0 Å². The number of aromatic hydroxyl groups is 1. The van der Waals surface area contributed by atoms with Crippen molar-refractivity contribution in [3.05, 3.63) is 48.0 Å². The lowest BCUT2D eigenvalue weighted by molar-refractivity contribution is 0.102. The molecule has 0 heterocycles. The first-order chi connectivity index (χ1) is 9.80. The Labute approximate surface area is 121 Å². The van der Waals surface area contributed by atoms with Gasteiger partial charge in [-0.25, -0.2) is 13.6 Å². The van der Waals surface area contributed by atoms with Gasteiger partial charge in [-0.3, -0.25) is 4.79 Å². The van der Waals surface area contributed by atoms with Crippen LogP contribution in [0.3, 0.4) is 0 Å². The van der Waals surface area contributed by atoms with E-state index in [1.165, 1.54) is 36.4 Å². The zero-order chi connectivity index (χ0) is 15.6. The summed E-state index contributed by atoms with van der Waals surface area (Å²) in [7, 11) is -3.98. The van der Waals surface area contributed by atoms with Crippen LogP contribution in [0.1, 0.15) is 10.4 Å². The quantitative estimate of drug-likeness (QED) is 0.493. The van der Waals surface area contributed by atoms with Crippen molar-refractivity contribution >= 4 is 27.3 Å². The third kappa shape index (κ3) is 3.12. The lowest BCUT2D eigenvalue weighted by Crippen LogP contribution is -2.18. The molecule has 21 heavy (non-hydrogen) atoms. The van der Waals surface area contributed by atoms with Gasteiger partial charge in [-0.1, -0.05) is 18.2 Å². The molecule has 0 aromatic heterocycles. The fraction of sp³-hybridized carbons (Fsp3) is 0. The number of hydrogen-bond acceptors (Lipinski definition) is 5. The number of rotatable bonds is 3. The molecule has 6 N–H and O–H groups in total. The van der Waals surface area contributed by atoms with Crippen LogP contribution in [0, 0.1) is 0 Å². The molecular formula is C13H13N3O4S. The normalized spacial score (nSPS) is 11.1. The van der Waals surface area contributed by atoms with Gasteiger partial charge in [-0.15, -0.1) is 0 Å². The average Bonchev–Trinajstić information content (AvgIpc) is 2.41. The highest BCUT2D eigenvalue weighted by Gasteiger charge is 2.18. The maximum atomic E-state index is 12.1. The summed E-state index contributed by atoms with van der Waals surface area (Å²) in [5.41, 5.74) is 5.50. The third-order valence-corrected chi connectivity index (χ3v) is 3.72. The van der Waals surface area contributed by atoms with Crippen molar-refractivity contribution in [3.63, 3.8) is 0 Å². The monoisotopic (exact) mass is 307 g/mol. The highest BCUT2D eigenvalue weighted by Crippen LogP contribution is 2.26. The van der Waals surface area contributed by atoms with Crippen molar-refractivity contribution in [2.75, 3.05) is 11.1 Å². The smallest absolute Gasteiger partial charge is 0.259 e. The van der Waals surface area contributed by atoms with Crippen molar-refractivity contribution in [3.8, 4) is 5.75 Å². The van der Waals surface area contributed by atoms with E-state index in [1.54, 1.807) is 6.07 Å². The van der Waals surface area contributed by atoms with Gasteiger partial charge in [0.25, 0.3) is 5.91 Å². The van der Waals surface area contributed by atoms with Gasteiger partial charge in [0.1, 0.15) is 4.90 Å². The molecule has 2 rings (SSSR count). The number of anilines is 2. The van der Waals surface area contributed by atoms with Gasteiger partial charge < -0.3 is 16.2 Å². The van der Waals surface area contributed by atoms with Crippen LogP contribution < -0.4 is 16.2 Å². The molecule has 2 aromatic rings. The number of phenolic OH excluding ortho intramolecular Hbond substituents is 1. The largest absolute Gasteiger partial charge is 0.505 e. The first-order valence-corrected chi connectivity index (χ1v) is 7.36. The number of para-hydroxylation sites is 2. The average molecular weight is 307 g/mol. The van der Waals surface area contributed by atoms with E-state index in [4.69, 9.17) is 10.9 Å². The predicted octanol–water partition coefficient (Wildman–Crippen LogP) is 0.874. The molecule has 0 saturated carbocycles.